The van der Waals surface area contributed by atoms with Crippen LogP contribution in [-0.4, -0.2) is 55.8 Å². The lowest BCUT2D eigenvalue weighted by atomic mass is 9.90. The van der Waals surface area contributed by atoms with Gasteiger partial charge in [0.15, 0.2) is 9.84 Å². The normalized spacial score (nSPS) is 19.7. The van der Waals surface area contributed by atoms with Crippen molar-refractivity contribution < 1.29 is 8.42 Å². The van der Waals surface area contributed by atoms with Gasteiger partial charge in [0.2, 0.25) is 0 Å². The molecule has 30 heavy (non-hydrogen) atoms. The monoisotopic (exact) mass is 425 g/mol. The molecule has 8 heteroatoms. The third-order valence-corrected chi connectivity index (χ3v) is 7.16. The van der Waals surface area contributed by atoms with E-state index in [1.165, 1.54) is 12.5 Å². The van der Waals surface area contributed by atoms with Gasteiger partial charge in [-0.1, -0.05) is 6.07 Å². The summed E-state index contributed by atoms with van der Waals surface area (Å²) in [5, 5.41) is 4.34. The smallest absolute Gasteiger partial charge is 0.177 e. The van der Waals surface area contributed by atoms with Gasteiger partial charge in [-0.2, -0.15) is 0 Å². The molecule has 2 heterocycles. The van der Waals surface area contributed by atoms with Gasteiger partial charge in [0.25, 0.3) is 0 Å². The quantitative estimate of drug-likeness (QED) is 0.672. The van der Waals surface area contributed by atoms with E-state index in [2.05, 4.69) is 32.2 Å². The second kappa shape index (κ2) is 8.28. The number of nitrogens with one attached hydrogen (secondary N) is 1. The lowest BCUT2D eigenvalue weighted by Crippen LogP contribution is -2.40. The summed E-state index contributed by atoms with van der Waals surface area (Å²) in [5.74, 6) is 0.905. The first-order valence-corrected chi connectivity index (χ1v) is 12.1. The minimum atomic E-state index is -3.32. The molecule has 2 aromatic heterocycles. The van der Waals surface area contributed by atoms with Crippen LogP contribution in [0.3, 0.4) is 0 Å². The van der Waals surface area contributed by atoms with Crippen molar-refractivity contribution in [2.45, 2.75) is 42.7 Å². The van der Waals surface area contributed by atoms with Crippen LogP contribution in [0.1, 0.15) is 25.7 Å². The number of rotatable bonds is 5. The zero-order chi connectivity index (χ0) is 21.3. The first kappa shape index (κ1) is 20.7. The first-order chi connectivity index (χ1) is 14.4. The van der Waals surface area contributed by atoms with Crippen molar-refractivity contribution in [1.29, 1.82) is 0 Å². The average molecular weight is 426 g/mol. The van der Waals surface area contributed by atoms with E-state index in [1.54, 1.807) is 18.6 Å². The van der Waals surface area contributed by atoms with Gasteiger partial charge in [0, 0.05) is 48.7 Å². The van der Waals surface area contributed by atoms with Gasteiger partial charge in [0.05, 0.1) is 10.4 Å². The Bertz CT molecular complexity index is 1160. The predicted octanol–water partition coefficient (Wildman–Crippen LogP) is 3.06. The second-order valence-corrected chi connectivity index (χ2v) is 10.0. The second-order valence-electron chi connectivity index (χ2n) is 8.02. The van der Waals surface area contributed by atoms with Crippen LogP contribution in [0.25, 0.3) is 22.0 Å². The van der Waals surface area contributed by atoms with E-state index in [4.69, 9.17) is 0 Å². The maximum absolute atomic E-state index is 11.9. The van der Waals surface area contributed by atoms with Gasteiger partial charge in [-0.3, -0.25) is 4.98 Å². The number of hydrogen-bond donors (Lipinski definition) is 1. The Labute approximate surface area is 177 Å². The number of sulfone groups is 1. The molecule has 1 aliphatic carbocycles. The molecule has 7 nitrogen and oxygen atoms in total. The summed E-state index contributed by atoms with van der Waals surface area (Å²) in [6.07, 6.45) is 10.4. The van der Waals surface area contributed by atoms with Crippen LogP contribution < -0.4 is 10.2 Å². The Balaban J connectivity index is 1.71. The van der Waals surface area contributed by atoms with Crippen LogP contribution in [0.2, 0.25) is 0 Å². The van der Waals surface area contributed by atoms with Crippen LogP contribution in [0, 0.1) is 0 Å². The fourth-order valence-electron chi connectivity index (χ4n) is 4.21. The van der Waals surface area contributed by atoms with E-state index in [0.29, 0.717) is 12.1 Å². The number of aromatic nitrogens is 3. The fraction of sp³-hybridized carbons (Fsp3) is 0.409. The van der Waals surface area contributed by atoms with Crippen molar-refractivity contribution in [3.63, 3.8) is 0 Å². The van der Waals surface area contributed by atoms with Gasteiger partial charge in [-0.05, 0) is 56.5 Å². The number of hydrogen-bond acceptors (Lipinski definition) is 7. The van der Waals surface area contributed by atoms with Crippen molar-refractivity contribution in [1.82, 2.24) is 20.3 Å². The van der Waals surface area contributed by atoms with Crippen LogP contribution in [-0.2, 0) is 9.84 Å². The van der Waals surface area contributed by atoms with Gasteiger partial charge in [-0.25, -0.2) is 18.4 Å². The molecule has 1 N–H and O–H groups in total. The van der Waals surface area contributed by atoms with Crippen molar-refractivity contribution in [3.8, 4) is 11.1 Å². The van der Waals surface area contributed by atoms with Gasteiger partial charge >= 0.3 is 0 Å². The van der Waals surface area contributed by atoms with E-state index in [1.807, 2.05) is 25.2 Å². The number of fused-ring (bicyclic) bond motifs is 1. The molecule has 0 unspecified atom stereocenters. The zero-order valence-electron chi connectivity index (χ0n) is 17.5. The van der Waals surface area contributed by atoms with Crippen molar-refractivity contribution >= 4 is 26.6 Å². The van der Waals surface area contributed by atoms with Crippen molar-refractivity contribution in [3.05, 3.63) is 43.0 Å². The SMILES string of the molecule is CNC1CCC(N(C)c2ncnc3ccc(-c4cncc(S(C)(=O)=O)c4)cc23)CC1. The molecule has 1 aliphatic rings. The maximum atomic E-state index is 11.9. The molecule has 0 aliphatic heterocycles. The van der Waals surface area contributed by atoms with Gasteiger partial charge < -0.3 is 10.2 Å². The summed E-state index contributed by atoms with van der Waals surface area (Å²) in [7, 11) is 0.812. The van der Waals surface area contributed by atoms with Crippen LogP contribution in [0.5, 0.6) is 0 Å². The Morgan fingerprint density at radius 1 is 1.03 bits per heavy atom. The molecule has 0 radical (unpaired) electrons. The van der Waals surface area contributed by atoms with Crippen molar-refractivity contribution in [2.24, 2.45) is 0 Å². The number of benzene rings is 1. The molecule has 1 aromatic carbocycles. The summed E-state index contributed by atoms with van der Waals surface area (Å²) in [5.41, 5.74) is 2.52. The minimum Gasteiger partial charge on any atom is -0.356 e. The lowest BCUT2D eigenvalue weighted by Gasteiger charge is -2.35. The number of nitrogens with zero attached hydrogens (tertiary/aromatic N) is 4. The highest BCUT2D eigenvalue weighted by Crippen LogP contribution is 2.32. The molecule has 1 saturated carbocycles. The molecule has 1 fully saturated rings. The molecular weight excluding hydrogens is 398 g/mol. The Hall–Kier alpha value is -2.58. The van der Waals surface area contributed by atoms with Crippen LogP contribution >= 0.6 is 0 Å². The zero-order valence-corrected chi connectivity index (χ0v) is 18.4. The summed E-state index contributed by atoms with van der Waals surface area (Å²) >= 11 is 0. The molecular formula is C22H27N5O2S. The summed E-state index contributed by atoms with van der Waals surface area (Å²) in [4.78, 5) is 15.6. The standard InChI is InChI=1S/C22H27N5O2S/c1-23-17-5-7-18(8-6-17)27(2)22-20-11-15(4-9-21(20)25-14-26-22)16-10-19(13-24-12-16)30(3,28)29/h4,9-14,17-18,23H,5-8H2,1-3H3. The Morgan fingerprint density at radius 2 is 1.80 bits per heavy atom. The third kappa shape index (κ3) is 4.15. The molecule has 4 rings (SSSR count). The average Bonchev–Trinajstić information content (AvgIpc) is 2.77. The fourth-order valence-corrected chi connectivity index (χ4v) is 4.80. The molecule has 0 saturated heterocycles. The molecule has 0 spiro atoms. The maximum Gasteiger partial charge on any atom is 0.177 e. The van der Waals surface area contributed by atoms with Crippen molar-refractivity contribution in [2.75, 3.05) is 25.3 Å². The Morgan fingerprint density at radius 3 is 2.50 bits per heavy atom. The number of pyridine rings is 1. The van der Waals surface area contributed by atoms with Gasteiger partial charge in [0.1, 0.15) is 12.1 Å². The van der Waals surface area contributed by atoms with E-state index >= 15 is 0 Å². The highest BCUT2D eigenvalue weighted by Gasteiger charge is 2.25. The third-order valence-electron chi connectivity index (χ3n) is 6.08. The largest absolute Gasteiger partial charge is 0.356 e. The first-order valence-electron chi connectivity index (χ1n) is 10.2. The molecule has 0 atom stereocenters. The number of anilines is 1. The highest BCUT2D eigenvalue weighted by molar-refractivity contribution is 7.90. The molecule has 0 amide bonds. The highest BCUT2D eigenvalue weighted by atomic mass is 32.2. The van der Waals surface area contributed by atoms with E-state index in [0.717, 1.165) is 53.5 Å². The minimum absolute atomic E-state index is 0.211. The Kier molecular flexibility index (Phi) is 5.71. The molecule has 3 aromatic rings. The van der Waals surface area contributed by atoms with E-state index in [9.17, 15) is 8.42 Å². The summed E-state index contributed by atoms with van der Waals surface area (Å²) in [6.45, 7) is 0. The summed E-state index contributed by atoms with van der Waals surface area (Å²) < 4.78 is 23.8. The van der Waals surface area contributed by atoms with E-state index in [-0.39, 0.29) is 4.90 Å². The van der Waals surface area contributed by atoms with Crippen LogP contribution in [0.15, 0.2) is 47.9 Å². The molecule has 0 bridgehead atoms. The van der Waals surface area contributed by atoms with Crippen LogP contribution in [0.4, 0.5) is 5.82 Å². The van der Waals surface area contributed by atoms with Gasteiger partial charge in [-0.15, -0.1) is 0 Å². The van der Waals surface area contributed by atoms with E-state index < -0.39 is 9.84 Å². The topological polar surface area (TPSA) is 88.1 Å². The lowest BCUT2D eigenvalue weighted by molar-refractivity contribution is 0.351. The predicted molar refractivity (Wildman–Crippen MR) is 119 cm³/mol. The molecule has 158 valence electrons. The summed E-state index contributed by atoms with van der Waals surface area (Å²) in [6, 6.07) is 8.62.